The maximum Gasteiger partial charge on any atom is 0.212 e. The van der Waals surface area contributed by atoms with E-state index in [-0.39, 0.29) is 12.3 Å². The Morgan fingerprint density at radius 3 is 2.35 bits per heavy atom. The summed E-state index contributed by atoms with van der Waals surface area (Å²) in [7, 11) is -1.43. The zero-order chi connectivity index (χ0) is 16.1. The zero-order valence-electron chi connectivity index (χ0n) is 13.7. The summed E-state index contributed by atoms with van der Waals surface area (Å²) in [5.41, 5.74) is 0.314. The number of rotatable bonds is 6. The van der Waals surface area contributed by atoms with Gasteiger partial charge in [-0.15, -0.1) is 10.2 Å². The summed E-state index contributed by atoms with van der Waals surface area (Å²) in [6.45, 7) is 0.222. The number of aromatic nitrogens is 3. The van der Waals surface area contributed by atoms with Gasteiger partial charge in [-0.3, -0.25) is 0 Å². The average molecular weight is 338 g/mol. The first kappa shape index (κ1) is 15.6. The minimum Gasteiger partial charge on any atom is -0.320 e. The summed E-state index contributed by atoms with van der Waals surface area (Å²) in [5.74, 6) is 3.50. The van der Waals surface area contributed by atoms with Crippen LogP contribution in [0.2, 0.25) is 0 Å². The van der Waals surface area contributed by atoms with Crippen LogP contribution in [0.15, 0.2) is 6.33 Å². The maximum atomic E-state index is 12.4. The Hall–Kier alpha value is -0.950. The molecule has 6 nitrogen and oxygen atoms in total. The van der Waals surface area contributed by atoms with Gasteiger partial charge in [0.1, 0.15) is 12.2 Å². The van der Waals surface area contributed by atoms with Crippen molar-refractivity contribution < 1.29 is 8.42 Å². The average Bonchev–Trinajstić information content (AvgIpc) is 2.88. The largest absolute Gasteiger partial charge is 0.320 e. The molecule has 4 aliphatic rings. The van der Waals surface area contributed by atoms with Gasteiger partial charge in [0.25, 0.3) is 0 Å². The molecule has 0 amide bonds. The highest BCUT2D eigenvalue weighted by Gasteiger charge is 2.50. The summed E-state index contributed by atoms with van der Waals surface area (Å²) in [6.07, 6.45) is 10.4. The Bertz CT molecular complexity index is 647. The molecule has 4 bridgehead atoms. The molecule has 4 saturated carbocycles. The maximum absolute atomic E-state index is 12.4. The van der Waals surface area contributed by atoms with Crippen LogP contribution in [0, 0.1) is 23.2 Å². The normalized spacial score (nSPS) is 35.8. The topological polar surface area (TPSA) is 76.9 Å². The first-order valence-electron chi connectivity index (χ1n) is 8.73. The lowest BCUT2D eigenvalue weighted by molar-refractivity contribution is -0.0540. The monoisotopic (exact) mass is 338 g/mol. The van der Waals surface area contributed by atoms with Gasteiger partial charge in [0.05, 0.1) is 12.3 Å². The van der Waals surface area contributed by atoms with Crippen molar-refractivity contribution in [3.05, 3.63) is 12.2 Å². The molecule has 4 fully saturated rings. The van der Waals surface area contributed by atoms with Crippen molar-refractivity contribution in [2.45, 2.75) is 51.5 Å². The van der Waals surface area contributed by atoms with E-state index in [0.29, 0.717) is 11.2 Å². The van der Waals surface area contributed by atoms with Gasteiger partial charge in [-0.05, 0) is 68.1 Å². The van der Waals surface area contributed by atoms with E-state index < -0.39 is 10.0 Å². The lowest BCUT2D eigenvalue weighted by Gasteiger charge is -2.57. The van der Waals surface area contributed by atoms with Crippen molar-refractivity contribution in [3.8, 4) is 0 Å². The molecule has 0 radical (unpaired) electrons. The van der Waals surface area contributed by atoms with E-state index in [4.69, 9.17) is 0 Å². The van der Waals surface area contributed by atoms with E-state index in [1.54, 1.807) is 10.9 Å². The Kier molecular flexibility index (Phi) is 3.76. The highest BCUT2D eigenvalue weighted by Crippen LogP contribution is 2.61. The molecule has 0 aromatic carbocycles. The lowest BCUT2D eigenvalue weighted by atomic mass is 9.49. The van der Waals surface area contributed by atoms with Gasteiger partial charge in [-0.1, -0.05) is 0 Å². The molecule has 128 valence electrons. The molecule has 7 heteroatoms. The number of aryl methyl sites for hydroxylation is 1. The van der Waals surface area contributed by atoms with Crippen molar-refractivity contribution in [1.29, 1.82) is 0 Å². The third-order valence-electron chi connectivity index (χ3n) is 6.32. The quantitative estimate of drug-likeness (QED) is 0.858. The van der Waals surface area contributed by atoms with Crippen LogP contribution in [0.25, 0.3) is 0 Å². The second-order valence-corrected chi connectivity index (χ2v) is 10.1. The molecule has 0 saturated heterocycles. The van der Waals surface area contributed by atoms with Crippen LogP contribution in [0.1, 0.15) is 50.8 Å². The van der Waals surface area contributed by atoms with E-state index in [1.165, 1.54) is 38.5 Å². The summed E-state index contributed by atoms with van der Waals surface area (Å²) in [4.78, 5) is 0. The molecule has 0 spiro atoms. The molecule has 1 aromatic heterocycles. The van der Waals surface area contributed by atoms with E-state index in [1.807, 2.05) is 7.05 Å². The van der Waals surface area contributed by atoms with Crippen molar-refractivity contribution in [1.82, 2.24) is 19.5 Å². The number of sulfonamides is 1. The molecule has 1 N–H and O–H groups in total. The van der Waals surface area contributed by atoms with Crippen molar-refractivity contribution >= 4 is 10.0 Å². The fourth-order valence-electron chi connectivity index (χ4n) is 5.66. The Labute approximate surface area is 138 Å². The Morgan fingerprint density at radius 2 is 1.83 bits per heavy atom. The van der Waals surface area contributed by atoms with Gasteiger partial charge in [0, 0.05) is 7.05 Å². The second-order valence-electron chi connectivity index (χ2n) is 8.17. The summed E-state index contributed by atoms with van der Waals surface area (Å²) in [5, 5.41) is 7.69. The Morgan fingerprint density at radius 1 is 1.22 bits per heavy atom. The number of hydrogen-bond acceptors (Lipinski definition) is 4. The van der Waals surface area contributed by atoms with Gasteiger partial charge in [0.15, 0.2) is 0 Å². The number of hydrogen-bond donors (Lipinski definition) is 1. The fraction of sp³-hybridized carbons (Fsp3) is 0.875. The molecule has 1 heterocycles. The molecule has 0 aliphatic heterocycles. The van der Waals surface area contributed by atoms with E-state index in [2.05, 4.69) is 14.9 Å². The molecular formula is C16H26N4O2S. The highest BCUT2D eigenvalue weighted by atomic mass is 32.2. The molecule has 23 heavy (non-hydrogen) atoms. The van der Waals surface area contributed by atoms with Crippen LogP contribution in [0.4, 0.5) is 0 Å². The number of nitrogens with zero attached hydrogens (tertiary/aromatic N) is 3. The third-order valence-corrected chi connectivity index (χ3v) is 7.65. The predicted molar refractivity (Wildman–Crippen MR) is 86.9 cm³/mol. The molecule has 0 atom stereocenters. The fourth-order valence-corrected chi connectivity index (χ4v) is 6.86. The second kappa shape index (κ2) is 5.55. The molecule has 5 rings (SSSR count). The molecule has 1 aromatic rings. The van der Waals surface area contributed by atoms with Gasteiger partial charge in [-0.2, -0.15) is 0 Å². The van der Waals surface area contributed by atoms with Crippen LogP contribution in [0.3, 0.4) is 0 Å². The molecular weight excluding hydrogens is 312 g/mol. The van der Waals surface area contributed by atoms with E-state index in [9.17, 15) is 8.42 Å². The van der Waals surface area contributed by atoms with Crippen molar-refractivity contribution in [2.24, 2.45) is 30.2 Å². The van der Waals surface area contributed by atoms with E-state index in [0.717, 1.165) is 24.2 Å². The SMILES string of the molecule is Cn1cnnc1CNS(=O)(=O)CCC12CC3CC(CC(C3)C1)C2. The first-order chi connectivity index (χ1) is 10.9. The van der Waals surface area contributed by atoms with Crippen LogP contribution >= 0.6 is 0 Å². The van der Waals surface area contributed by atoms with Crippen LogP contribution in [0.5, 0.6) is 0 Å². The Balaban J connectivity index is 1.36. The van der Waals surface area contributed by atoms with Gasteiger partial charge in [-0.25, -0.2) is 13.1 Å². The van der Waals surface area contributed by atoms with Crippen LogP contribution in [-0.4, -0.2) is 28.9 Å². The van der Waals surface area contributed by atoms with Crippen molar-refractivity contribution in [3.63, 3.8) is 0 Å². The van der Waals surface area contributed by atoms with Gasteiger partial charge < -0.3 is 4.57 Å². The molecule has 0 unspecified atom stereocenters. The first-order valence-corrected chi connectivity index (χ1v) is 10.4. The lowest BCUT2D eigenvalue weighted by Crippen LogP contribution is -2.47. The van der Waals surface area contributed by atoms with Crippen molar-refractivity contribution in [2.75, 3.05) is 5.75 Å². The van der Waals surface area contributed by atoms with Gasteiger partial charge in [0.2, 0.25) is 10.0 Å². The molecule has 4 aliphatic carbocycles. The van der Waals surface area contributed by atoms with Crippen LogP contribution in [-0.2, 0) is 23.6 Å². The zero-order valence-corrected chi connectivity index (χ0v) is 14.6. The minimum absolute atomic E-state index is 0.222. The summed E-state index contributed by atoms with van der Waals surface area (Å²) >= 11 is 0. The van der Waals surface area contributed by atoms with Gasteiger partial charge >= 0.3 is 0 Å². The highest BCUT2D eigenvalue weighted by molar-refractivity contribution is 7.89. The minimum atomic E-state index is -3.25. The number of nitrogens with one attached hydrogen (secondary N) is 1. The third kappa shape index (κ3) is 3.18. The van der Waals surface area contributed by atoms with Crippen LogP contribution < -0.4 is 4.72 Å². The predicted octanol–water partition coefficient (Wildman–Crippen LogP) is 1.84. The standard InChI is InChI=1S/C16H26N4O2S/c1-20-11-17-19-15(20)10-18-23(21,22)3-2-16-7-12-4-13(8-16)6-14(5-12)9-16/h11-14,18H,2-10H2,1H3. The summed E-state index contributed by atoms with van der Waals surface area (Å²) in [6, 6.07) is 0. The summed E-state index contributed by atoms with van der Waals surface area (Å²) < 4.78 is 29.1. The smallest absolute Gasteiger partial charge is 0.212 e. The van der Waals surface area contributed by atoms with E-state index >= 15 is 0 Å².